The number of methoxy groups -OCH3 is 3. The van der Waals surface area contributed by atoms with Crippen LogP contribution < -0.4 is 24.4 Å². The fourth-order valence-electron chi connectivity index (χ4n) is 3.32. The molecule has 2 heterocycles. The van der Waals surface area contributed by atoms with Crippen LogP contribution in [0, 0.1) is 0 Å². The molecule has 0 amide bonds. The first-order valence-electron chi connectivity index (χ1n) is 9.46. The van der Waals surface area contributed by atoms with Crippen LogP contribution in [0.15, 0.2) is 35.6 Å². The molecule has 1 aliphatic heterocycles. The molecule has 0 aliphatic carbocycles. The van der Waals surface area contributed by atoms with Crippen LogP contribution in [0.3, 0.4) is 0 Å². The van der Waals surface area contributed by atoms with Gasteiger partial charge in [-0.25, -0.2) is 9.97 Å². The Bertz CT molecular complexity index is 797. The zero-order valence-electron chi connectivity index (χ0n) is 17.4. The second-order valence-corrected chi connectivity index (χ2v) is 6.43. The van der Waals surface area contributed by atoms with Crippen molar-refractivity contribution >= 4 is 11.9 Å². The summed E-state index contributed by atoms with van der Waals surface area (Å²) in [5.41, 5.74) is 0.910. The fourth-order valence-corrected chi connectivity index (χ4v) is 3.32. The summed E-state index contributed by atoms with van der Waals surface area (Å²) < 4.78 is 16.4. The zero-order valence-corrected chi connectivity index (χ0v) is 17.4. The van der Waals surface area contributed by atoms with Crippen LogP contribution in [0.1, 0.15) is 5.56 Å². The van der Waals surface area contributed by atoms with Crippen LogP contribution in [-0.4, -0.2) is 75.4 Å². The van der Waals surface area contributed by atoms with Crippen LogP contribution in [0.25, 0.3) is 0 Å². The lowest BCUT2D eigenvalue weighted by molar-refractivity contribution is 0.361. The number of guanidine groups is 1. The molecule has 2 aromatic rings. The molecule has 29 heavy (non-hydrogen) atoms. The summed E-state index contributed by atoms with van der Waals surface area (Å²) in [7, 11) is 6.68. The highest BCUT2D eigenvalue weighted by atomic mass is 16.5. The van der Waals surface area contributed by atoms with Crippen molar-refractivity contribution in [2.45, 2.75) is 6.54 Å². The van der Waals surface area contributed by atoms with Crippen molar-refractivity contribution < 1.29 is 14.2 Å². The summed E-state index contributed by atoms with van der Waals surface area (Å²) in [6.45, 7) is 3.84. The van der Waals surface area contributed by atoms with E-state index in [0.717, 1.165) is 43.7 Å². The predicted molar refractivity (Wildman–Crippen MR) is 112 cm³/mol. The monoisotopic (exact) mass is 400 g/mol. The number of anilines is 1. The summed E-state index contributed by atoms with van der Waals surface area (Å²) in [5, 5.41) is 3.42. The first kappa shape index (κ1) is 20.5. The lowest BCUT2D eigenvalue weighted by Crippen LogP contribution is -2.52. The predicted octanol–water partition coefficient (Wildman–Crippen LogP) is 1.40. The second kappa shape index (κ2) is 9.81. The van der Waals surface area contributed by atoms with Gasteiger partial charge in [-0.05, 0) is 6.07 Å². The highest BCUT2D eigenvalue weighted by Crippen LogP contribution is 2.33. The van der Waals surface area contributed by atoms with Gasteiger partial charge in [0.2, 0.25) is 5.95 Å². The van der Waals surface area contributed by atoms with E-state index in [4.69, 9.17) is 14.2 Å². The van der Waals surface area contributed by atoms with Crippen LogP contribution in [0.2, 0.25) is 0 Å². The Morgan fingerprint density at radius 3 is 2.14 bits per heavy atom. The Balaban J connectivity index is 1.65. The van der Waals surface area contributed by atoms with E-state index in [1.54, 1.807) is 40.8 Å². The van der Waals surface area contributed by atoms with E-state index in [2.05, 4.69) is 30.1 Å². The Hall–Kier alpha value is -3.23. The van der Waals surface area contributed by atoms with E-state index in [9.17, 15) is 0 Å². The van der Waals surface area contributed by atoms with E-state index in [0.29, 0.717) is 23.8 Å². The lowest BCUT2D eigenvalue weighted by Gasteiger charge is -2.36. The van der Waals surface area contributed by atoms with Gasteiger partial charge in [0.05, 0.1) is 33.4 Å². The Morgan fingerprint density at radius 2 is 1.62 bits per heavy atom. The minimum atomic E-state index is 0.519. The van der Waals surface area contributed by atoms with E-state index >= 15 is 0 Å². The van der Waals surface area contributed by atoms with E-state index in [-0.39, 0.29) is 0 Å². The Morgan fingerprint density at radius 1 is 1.00 bits per heavy atom. The molecule has 156 valence electrons. The van der Waals surface area contributed by atoms with Crippen molar-refractivity contribution in [3.05, 3.63) is 36.2 Å². The van der Waals surface area contributed by atoms with Gasteiger partial charge in [-0.3, -0.25) is 4.99 Å². The highest BCUT2D eigenvalue weighted by Gasteiger charge is 2.22. The van der Waals surface area contributed by atoms with Crippen molar-refractivity contribution in [3.63, 3.8) is 0 Å². The number of ether oxygens (including phenoxy) is 3. The molecule has 1 N–H and O–H groups in total. The van der Waals surface area contributed by atoms with Crippen LogP contribution in [0.5, 0.6) is 17.2 Å². The fraction of sp³-hybridized carbons (Fsp3) is 0.450. The lowest BCUT2D eigenvalue weighted by atomic mass is 10.1. The van der Waals surface area contributed by atoms with Gasteiger partial charge in [-0.2, -0.15) is 0 Å². The number of hydrogen-bond acceptors (Lipinski definition) is 7. The molecule has 1 saturated heterocycles. The third-order valence-electron chi connectivity index (χ3n) is 4.87. The molecular weight excluding hydrogens is 372 g/mol. The van der Waals surface area contributed by atoms with Gasteiger partial charge in [-0.1, -0.05) is 0 Å². The number of nitrogens with zero attached hydrogens (tertiary/aromatic N) is 5. The molecule has 0 unspecified atom stereocenters. The minimum Gasteiger partial charge on any atom is -0.496 e. The molecule has 9 nitrogen and oxygen atoms in total. The maximum absolute atomic E-state index is 5.53. The van der Waals surface area contributed by atoms with Gasteiger partial charge >= 0.3 is 0 Å². The largest absolute Gasteiger partial charge is 0.496 e. The van der Waals surface area contributed by atoms with Gasteiger partial charge in [-0.15, -0.1) is 0 Å². The van der Waals surface area contributed by atoms with Crippen molar-refractivity contribution in [3.8, 4) is 17.2 Å². The quantitative estimate of drug-likeness (QED) is 0.575. The number of aliphatic imine (C=N–C) groups is 1. The molecule has 1 fully saturated rings. The third-order valence-corrected chi connectivity index (χ3v) is 4.87. The summed E-state index contributed by atoms with van der Waals surface area (Å²) in [4.78, 5) is 17.5. The average molecular weight is 400 g/mol. The van der Waals surface area contributed by atoms with Gasteiger partial charge in [0.25, 0.3) is 0 Å². The third kappa shape index (κ3) is 4.79. The standard InChI is InChI=1S/C20H28N6O3/c1-21-19(25-8-10-26(11-9-25)20-22-6-5-7-23-20)24-14-16-17(28-3)12-15(27-2)13-18(16)29-4/h5-7,12-13H,8-11,14H2,1-4H3,(H,21,24). The summed E-state index contributed by atoms with van der Waals surface area (Å²) in [6, 6.07) is 5.52. The van der Waals surface area contributed by atoms with E-state index in [1.807, 2.05) is 18.2 Å². The molecule has 1 aromatic heterocycles. The van der Waals surface area contributed by atoms with Gasteiger partial charge < -0.3 is 29.3 Å². The molecule has 3 rings (SSSR count). The van der Waals surface area contributed by atoms with E-state index < -0.39 is 0 Å². The first-order chi connectivity index (χ1) is 14.2. The molecule has 1 aliphatic rings. The summed E-state index contributed by atoms with van der Waals surface area (Å²) >= 11 is 0. The van der Waals surface area contributed by atoms with Gasteiger partial charge in [0.1, 0.15) is 17.2 Å². The number of rotatable bonds is 6. The van der Waals surface area contributed by atoms with Crippen LogP contribution in [-0.2, 0) is 6.54 Å². The topological polar surface area (TPSA) is 84.3 Å². The highest BCUT2D eigenvalue weighted by molar-refractivity contribution is 5.80. The van der Waals surface area contributed by atoms with Crippen molar-refractivity contribution in [2.24, 2.45) is 4.99 Å². The Labute approximate surface area is 171 Å². The van der Waals surface area contributed by atoms with Crippen LogP contribution in [0.4, 0.5) is 5.95 Å². The number of piperazine rings is 1. The average Bonchev–Trinajstić information content (AvgIpc) is 2.80. The number of benzene rings is 1. The molecule has 1 aromatic carbocycles. The summed E-state index contributed by atoms with van der Waals surface area (Å²) in [6.07, 6.45) is 3.54. The van der Waals surface area contributed by atoms with Crippen molar-refractivity contribution in [2.75, 3.05) is 59.5 Å². The van der Waals surface area contributed by atoms with Crippen molar-refractivity contribution in [1.29, 1.82) is 0 Å². The second-order valence-electron chi connectivity index (χ2n) is 6.43. The molecule has 0 spiro atoms. The minimum absolute atomic E-state index is 0.519. The molecule has 0 saturated carbocycles. The number of nitrogens with one attached hydrogen (secondary N) is 1. The normalized spacial score (nSPS) is 14.6. The molecular formula is C20H28N6O3. The summed E-state index contributed by atoms with van der Waals surface area (Å²) in [5.74, 6) is 3.69. The SMILES string of the molecule is CN=C(NCc1c(OC)cc(OC)cc1OC)N1CCN(c2ncccn2)CC1. The number of aromatic nitrogens is 2. The zero-order chi connectivity index (χ0) is 20.6. The van der Waals surface area contributed by atoms with Gasteiger partial charge in [0.15, 0.2) is 5.96 Å². The van der Waals surface area contributed by atoms with Crippen molar-refractivity contribution in [1.82, 2.24) is 20.2 Å². The number of hydrogen-bond donors (Lipinski definition) is 1. The molecule has 0 radical (unpaired) electrons. The first-order valence-corrected chi connectivity index (χ1v) is 9.46. The Kier molecular flexibility index (Phi) is 6.94. The maximum Gasteiger partial charge on any atom is 0.225 e. The molecule has 9 heteroatoms. The molecule has 0 bridgehead atoms. The smallest absolute Gasteiger partial charge is 0.225 e. The van der Waals surface area contributed by atoms with E-state index in [1.165, 1.54) is 0 Å². The maximum atomic E-state index is 5.53. The molecule has 0 atom stereocenters. The van der Waals surface area contributed by atoms with Crippen LogP contribution >= 0.6 is 0 Å². The van der Waals surface area contributed by atoms with Gasteiger partial charge in [0, 0.05) is 57.8 Å².